The number of alkyl halides is 1. The van der Waals surface area contributed by atoms with Crippen molar-refractivity contribution in [2.45, 2.75) is 24.8 Å². The summed E-state index contributed by atoms with van der Waals surface area (Å²) in [4.78, 5) is 8.24. The Morgan fingerprint density at radius 3 is 2.93 bits per heavy atom. The standard InChI is InChI=1S/C10H15BrN2S/c1-9(2-4-11)3-7-14-10-8-12-5-6-13-10/h5-6,8-9H,2-4,7H2,1H3. The van der Waals surface area contributed by atoms with Crippen LogP contribution in [0.25, 0.3) is 0 Å². The monoisotopic (exact) mass is 274 g/mol. The maximum Gasteiger partial charge on any atom is 0.114 e. The molecule has 0 aliphatic rings. The van der Waals surface area contributed by atoms with Crippen LogP contribution in [0, 0.1) is 5.92 Å². The van der Waals surface area contributed by atoms with Crippen molar-refractivity contribution in [2.75, 3.05) is 11.1 Å². The highest BCUT2D eigenvalue weighted by Gasteiger charge is 2.01. The topological polar surface area (TPSA) is 25.8 Å². The Bertz CT molecular complexity index is 243. The lowest BCUT2D eigenvalue weighted by atomic mass is 10.1. The molecule has 0 aromatic carbocycles. The van der Waals surface area contributed by atoms with Crippen LogP contribution in [0.3, 0.4) is 0 Å². The molecule has 0 aliphatic carbocycles. The van der Waals surface area contributed by atoms with Crippen molar-refractivity contribution >= 4 is 27.7 Å². The lowest BCUT2D eigenvalue weighted by molar-refractivity contribution is 0.555. The maximum absolute atomic E-state index is 4.21. The molecule has 1 aromatic heterocycles. The first kappa shape index (κ1) is 12.0. The molecular weight excluding hydrogens is 260 g/mol. The van der Waals surface area contributed by atoms with E-state index in [0.717, 1.165) is 22.0 Å². The molecule has 4 heteroatoms. The smallest absolute Gasteiger partial charge is 0.114 e. The molecule has 0 aliphatic heterocycles. The summed E-state index contributed by atoms with van der Waals surface area (Å²) in [7, 11) is 0. The van der Waals surface area contributed by atoms with Gasteiger partial charge in [-0.25, -0.2) is 4.98 Å². The second kappa shape index (κ2) is 7.23. The van der Waals surface area contributed by atoms with Gasteiger partial charge in [-0.05, 0) is 24.5 Å². The third-order valence-corrected chi connectivity index (χ3v) is 3.41. The number of hydrogen-bond donors (Lipinski definition) is 0. The van der Waals surface area contributed by atoms with Gasteiger partial charge in [0.15, 0.2) is 0 Å². The van der Waals surface area contributed by atoms with E-state index in [1.165, 1.54) is 12.8 Å². The van der Waals surface area contributed by atoms with Crippen LogP contribution in [0.15, 0.2) is 23.6 Å². The van der Waals surface area contributed by atoms with E-state index in [1.54, 1.807) is 24.2 Å². The van der Waals surface area contributed by atoms with Gasteiger partial charge in [0.25, 0.3) is 0 Å². The SMILES string of the molecule is CC(CCBr)CCSc1cnccn1. The number of rotatable bonds is 6. The zero-order valence-electron chi connectivity index (χ0n) is 8.32. The number of halogens is 1. The van der Waals surface area contributed by atoms with Crippen LogP contribution in [0.1, 0.15) is 19.8 Å². The molecule has 0 bridgehead atoms. The Morgan fingerprint density at radius 1 is 1.43 bits per heavy atom. The molecule has 0 fully saturated rings. The number of hydrogen-bond acceptors (Lipinski definition) is 3. The molecule has 0 saturated carbocycles. The van der Waals surface area contributed by atoms with E-state index in [4.69, 9.17) is 0 Å². The van der Waals surface area contributed by atoms with Crippen molar-refractivity contribution in [1.82, 2.24) is 9.97 Å². The maximum atomic E-state index is 4.21. The van der Waals surface area contributed by atoms with Crippen LogP contribution in [0.2, 0.25) is 0 Å². The quantitative estimate of drug-likeness (QED) is 0.588. The Morgan fingerprint density at radius 2 is 2.29 bits per heavy atom. The van der Waals surface area contributed by atoms with Gasteiger partial charge < -0.3 is 0 Å². The van der Waals surface area contributed by atoms with Crippen LogP contribution < -0.4 is 0 Å². The normalized spacial score (nSPS) is 12.7. The molecule has 0 radical (unpaired) electrons. The molecule has 2 nitrogen and oxygen atoms in total. The fourth-order valence-electron chi connectivity index (χ4n) is 1.06. The minimum absolute atomic E-state index is 0.790. The zero-order chi connectivity index (χ0) is 10.2. The van der Waals surface area contributed by atoms with Gasteiger partial charge in [0.1, 0.15) is 5.03 Å². The molecule has 1 heterocycles. The summed E-state index contributed by atoms with van der Waals surface area (Å²) in [5, 5.41) is 2.13. The second-order valence-electron chi connectivity index (χ2n) is 3.26. The predicted molar refractivity (Wildman–Crippen MR) is 64.9 cm³/mol. The summed E-state index contributed by atoms with van der Waals surface area (Å²) < 4.78 is 0. The second-order valence-corrected chi connectivity index (χ2v) is 5.17. The van der Waals surface area contributed by atoms with Gasteiger partial charge in [0.05, 0.1) is 6.20 Å². The van der Waals surface area contributed by atoms with Crippen molar-refractivity contribution in [3.8, 4) is 0 Å². The number of nitrogens with zero attached hydrogens (tertiary/aromatic N) is 2. The van der Waals surface area contributed by atoms with Crippen LogP contribution in [-0.2, 0) is 0 Å². The third kappa shape index (κ3) is 4.96. The molecule has 1 atom stereocenters. The molecule has 1 aromatic rings. The molecule has 0 amide bonds. The Balaban J connectivity index is 2.16. The first-order chi connectivity index (χ1) is 6.83. The van der Waals surface area contributed by atoms with Crippen LogP contribution in [0.4, 0.5) is 0 Å². The number of thioether (sulfide) groups is 1. The summed E-state index contributed by atoms with van der Waals surface area (Å²) in [6.45, 7) is 2.29. The minimum Gasteiger partial charge on any atom is -0.260 e. The highest BCUT2D eigenvalue weighted by Crippen LogP contribution is 2.18. The predicted octanol–water partition coefficient (Wildman–Crippen LogP) is 3.38. The Kier molecular flexibility index (Phi) is 6.19. The first-order valence-electron chi connectivity index (χ1n) is 4.77. The zero-order valence-corrected chi connectivity index (χ0v) is 10.7. The van der Waals surface area contributed by atoms with Gasteiger partial charge in [0.2, 0.25) is 0 Å². The molecule has 1 rings (SSSR count). The van der Waals surface area contributed by atoms with Gasteiger partial charge >= 0.3 is 0 Å². The Labute approximate surface area is 98.1 Å². The lowest BCUT2D eigenvalue weighted by Gasteiger charge is -2.07. The van der Waals surface area contributed by atoms with Crippen LogP contribution >= 0.6 is 27.7 Å². The van der Waals surface area contributed by atoms with E-state index >= 15 is 0 Å². The average Bonchev–Trinajstić information content (AvgIpc) is 2.20. The molecular formula is C10H15BrN2S. The minimum atomic E-state index is 0.790. The summed E-state index contributed by atoms with van der Waals surface area (Å²) >= 11 is 5.24. The van der Waals surface area contributed by atoms with E-state index in [1.807, 2.05) is 6.20 Å². The molecule has 14 heavy (non-hydrogen) atoms. The van der Waals surface area contributed by atoms with Crippen molar-refractivity contribution < 1.29 is 0 Å². The fraction of sp³-hybridized carbons (Fsp3) is 0.600. The Hall–Kier alpha value is -0.0900. The molecule has 0 saturated heterocycles. The summed E-state index contributed by atoms with van der Waals surface area (Å²) in [6.07, 6.45) is 7.76. The van der Waals surface area contributed by atoms with Crippen LogP contribution in [-0.4, -0.2) is 21.1 Å². The van der Waals surface area contributed by atoms with E-state index in [-0.39, 0.29) is 0 Å². The third-order valence-electron chi connectivity index (χ3n) is 2.00. The first-order valence-corrected chi connectivity index (χ1v) is 6.88. The summed E-state index contributed by atoms with van der Waals surface area (Å²) in [5.74, 6) is 1.92. The molecule has 1 unspecified atom stereocenters. The van der Waals surface area contributed by atoms with Gasteiger partial charge in [0, 0.05) is 17.7 Å². The van der Waals surface area contributed by atoms with E-state index in [9.17, 15) is 0 Å². The highest BCUT2D eigenvalue weighted by molar-refractivity contribution is 9.09. The van der Waals surface area contributed by atoms with Gasteiger partial charge in [-0.1, -0.05) is 22.9 Å². The highest BCUT2D eigenvalue weighted by atomic mass is 79.9. The van der Waals surface area contributed by atoms with Crippen molar-refractivity contribution in [1.29, 1.82) is 0 Å². The van der Waals surface area contributed by atoms with Crippen molar-refractivity contribution in [3.63, 3.8) is 0 Å². The largest absolute Gasteiger partial charge is 0.260 e. The van der Waals surface area contributed by atoms with E-state index < -0.39 is 0 Å². The van der Waals surface area contributed by atoms with Gasteiger partial charge in [-0.15, -0.1) is 11.8 Å². The van der Waals surface area contributed by atoms with Crippen molar-refractivity contribution in [3.05, 3.63) is 18.6 Å². The van der Waals surface area contributed by atoms with Gasteiger partial charge in [-0.2, -0.15) is 0 Å². The van der Waals surface area contributed by atoms with E-state index in [0.29, 0.717) is 0 Å². The lowest BCUT2D eigenvalue weighted by Crippen LogP contribution is -1.97. The number of aromatic nitrogens is 2. The summed E-state index contributed by atoms with van der Waals surface area (Å²) in [6, 6.07) is 0. The van der Waals surface area contributed by atoms with E-state index in [2.05, 4.69) is 32.8 Å². The van der Waals surface area contributed by atoms with Gasteiger partial charge in [-0.3, -0.25) is 4.98 Å². The fourth-order valence-corrected chi connectivity index (χ4v) is 2.84. The molecule has 0 N–H and O–H groups in total. The molecule has 0 spiro atoms. The average molecular weight is 275 g/mol. The molecule has 78 valence electrons. The van der Waals surface area contributed by atoms with Crippen LogP contribution in [0.5, 0.6) is 0 Å². The van der Waals surface area contributed by atoms with Crippen molar-refractivity contribution in [2.24, 2.45) is 5.92 Å². The summed E-state index contributed by atoms with van der Waals surface area (Å²) in [5.41, 5.74) is 0.